The molecule has 5 nitrogen and oxygen atoms in total. The smallest absolute Gasteiger partial charge is 0.213 e. The zero-order valence-corrected chi connectivity index (χ0v) is 11.1. The number of pyridine rings is 1. The molecule has 0 aliphatic heterocycles. The molecule has 0 saturated heterocycles. The van der Waals surface area contributed by atoms with Crippen LogP contribution >= 0.6 is 0 Å². The first kappa shape index (κ1) is 14.9. The second-order valence-corrected chi connectivity index (χ2v) is 4.03. The normalized spacial score (nSPS) is 12.4. The summed E-state index contributed by atoms with van der Waals surface area (Å²) in [4.78, 5) is 4.17. The summed E-state index contributed by atoms with van der Waals surface area (Å²) in [6.45, 7) is 4.39. The lowest BCUT2D eigenvalue weighted by atomic mass is 10.2. The molecule has 0 saturated carbocycles. The topological polar surface area (TPSA) is 66.6 Å². The van der Waals surface area contributed by atoms with Crippen LogP contribution in [0.4, 0.5) is 0 Å². The van der Waals surface area contributed by atoms with Gasteiger partial charge in [0.25, 0.3) is 0 Å². The van der Waals surface area contributed by atoms with E-state index in [9.17, 15) is 0 Å². The van der Waals surface area contributed by atoms with E-state index >= 15 is 0 Å². The number of rotatable bonds is 9. The van der Waals surface area contributed by atoms with Gasteiger partial charge in [0.2, 0.25) is 5.88 Å². The highest BCUT2D eigenvalue weighted by atomic mass is 16.5. The standard InChI is InChI=1S/C13H22N2O3/c1-11(14)12-4-5-13(15-10-12)18-9-8-17-7-3-6-16-2/h4-5,10-11H,3,6-9,14H2,1-2H3. The molecule has 1 rings (SSSR count). The van der Waals surface area contributed by atoms with Crippen LogP contribution in [0, 0.1) is 0 Å². The summed E-state index contributed by atoms with van der Waals surface area (Å²) >= 11 is 0. The van der Waals surface area contributed by atoms with Gasteiger partial charge in [0.15, 0.2) is 0 Å². The molecule has 0 bridgehead atoms. The average molecular weight is 254 g/mol. The fourth-order valence-corrected chi connectivity index (χ4v) is 1.36. The highest BCUT2D eigenvalue weighted by molar-refractivity contribution is 5.19. The molecule has 0 aliphatic carbocycles. The number of aromatic nitrogens is 1. The molecule has 0 spiro atoms. The summed E-state index contributed by atoms with van der Waals surface area (Å²) in [6, 6.07) is 3.74. The van der Waals surface area contributed by atoms with E-state index in [-0.39, 0.29) is 6.04 Å². The molecule has 1 heterocycles. The fourth-order valence-electron chi connectivity index (χ4n) is 1.36. The lowest BCUT2D eigenvalue weighted by molar-refractivity contribution is 0.0795. The Morgan fingerprint density at radius 3 is 2.67 bits per heavy atom. The lowest BCUT2D eigenvalue weighted by Gasteiger charge is -2.08. The van der Waals surface area contributed by atoms with E-state index in [1.807, 2.05) is 19.1 Å². The van der Waals surface area contributed by atoms with E-state index < -0.39 is 0 Å². The Labute approximate surface area is 108 Å². The molecule has 1 atom stereocenters. The third kappa shape index (κ3) is 5.95. The van der Waals surface area contributed by atoms with Crippen molar-refractivity contribution in [2.75, 3.05) is 33.5 Å². The maximum absolute atomic E-state index is 5.73. The average Bonchev–Trinajstić information content (AvgIpc) is 2.38. The van der Waals surface area contributed by atoms with Crippen molar-refractivity contribution >= 4 is 0 Å². The molecule has 0 amide bonds. The molecular formula is C13H22N2O3. The number of nitrogens with zero attached hydrogens (tertiary/aromatic N) is 1. The van der Waals surface area contributed by atoms with E-state index in [1.165, 1.54) is 0 Å². The Kier molecular flexibility index (Phi) is 7.32. The van der Waals surface area contributed by atoms with E-state index in [0.29, 0.717) is 25.7 Å². The van der Waals surface area contributed by atoms with Crippen LogP contribution in [-0.2, 0) is 9.47 Å². The zero-order chi connectivity index (χ0) is 13.2. The maximum Gasteiger partial charge on any atom is 0.213 e. The monoisotopic (exact) mass is 254 g/mol. The number of hydrogen-bond acceptors (Lipinski definition) is 5. The van der Waals surface area contributed by atoms with Crippen LogP contribution in [-0.4, -0.2) is 38.5 Å². The predicted octanol–water partition coefficient (Wildman–Crippen LogP) is 1.53. The third-order valence-corrected chi connectivity index (χ3v) is 2.40. The van der Waals surface area contributed by atoms with Crippen LogP contribution in [0.15, 0.2) is 18.3 Å². The van der Waals surface area contributed by atoms with Gasteiger partial charge in [0.05, 0.1) is 6.61 Å². The third-order valence-electron chi connectivity index (χ3n) is 2.40. The van der Waals surface area contributed by atoms with E-state index in [0.717, 1.165) is 18.6 Å². The molecule has 5 heteroatoms. The summed E-state index contributed by atoms with van der Waals surface area (Å²) in [5, 5.41) is 0. The summed E-state index contributed by atoms with van der Waals surface area (Å²) in [6.07, 6.45) is 2.64. The number of hydrogen-bond donors (Lipinski definition) is 1. The molecule has 0 radical (unpaired) electrons. The predicted molar refractivity (Wildman–Crippen MR) is 69.6 cm³/mol. The molecule has 0 fully saturated rings. The fraction of sp³-hybridized carbons (Fsp3) is 0.615. The van der Waals surface area contributed by atoms with Gasteiger partial charge in [0.1, 0.15) is 6.61 Å². The maximum atomic E-state index is 5.73. The quantitative estimate of drug-likeness (QED) is 0.677. The minimum Gasteiger partial charge on any atom is -0.475 e. The Bertz CT molecular complexity index is 315. The first-order valence-corrected chi connectivity index (χ1v) is 6.15. The first-order chi connectivity index (χ1) is 8.74. The molecule has 18 heavy (non-hydrogen) atoms. The Hall–Kier alpha value is -1.17. The second kappa shape index (κ2) is 8.85. The molecule has 0 aliphatic rings. The van der Waals surface area contributed by atoms with Crippen LogP contribution in [0.2, 0.25) is 0 Å². The Morgan fingerprint density at radius 2 is 2.06 bits per heavy atom. The van der Waals surface area contributed by atoms with Gasteiger partial charge in [0, 0.05) is 38.6 Å². The van der Waals surface area contributed by atoms with Crippen molar-refractivity contribution < 1.29 is 14.2 Å². The van der Waals surface area contributed by atoms with E-state index in [1.54, 1.807) is 13.3 Å². The van der Waals surface area contributed by atoms with Crippen molar-refractivity contribution in [2.24, 2.45) is 5.73 Å². The summed E-state index contributed by atoms with van der Waals surface area (Å²) in [7, 11) is 1.68. The SMILES string of the molecule is COCCCOCCOc1ccc(C(C)N)cn1. The van der Waals surface area contributed by atoms with Crippen LogP contribution in [0.25, 0.3) is 0 Å². The summed E-state index contributed by atoms with van der Waals surface area (Å²) in [5.41, 5.74) is 6.73. The Balaban J connectivity index is 2.12. The van der Waals surface area contributed by atoms with Gasteiger partial charge in [-0.3, -0.25) is 0 Å². The minimum absolute atomic E-state index is 0.00401. The van der Waals surface area contributed by atoms with E-state index in [4.69, 9.17) is 19.9 Å². The minimum atomic E-state index is -0.00401. The van der Waals surface area contributed by atoms with Crippen LogP contribution in [0.1, 0.15) is 24.9 Å². The first-order valence-electron chi connectivity index (χ1n) is 6.15. The van der Waals surface area contributed by atoms with Gasteiger partial charge in [-0.05, 0) is 18.9 Å². The van der Waals surface area contributed by atoms with Crippen molar-refractivity contribution in [1.29, 1.82) is 0 Å². The number of nitrogens with two attached hydrogens (primary N) is 1. The molecule has 1 aromatic rings. The van der Waals surface area contributed by atoms with Gasteiger partial charge in [-0.2, -0.15) is 0 Å². The molecule has 1 aromatic heterocycles. The summed E-state index contributed by atoms with van der Waals surface area (Å²) < 4.78 is 15.7. The van der Waals surface area contributed by atoms with Gasteiger partial charge in [-0.1, -0.05) is 6.07 Å². The number of ether oxygens (including phenoxy) is 3. The zero-order valence-electron chi connectivity index (χ0n) is 11.1. The van der Waals surface area contributed by atoms with E-state index in [2.05, 4.69) is 4.98 Å². The number of methoxy groups -OCH3 is 1. The second-order valence-electron chi connectivity index (χ2n) is 4.03. The van der Waals surface area contributed by atoms with Gasteiger partial charge >= 0.3 is 0 Å². The van der Waals surface area contributed by atoms with Crippen molar-refractivity contribution in [3.8, 4) is 5.88 Å². The molecule has 1 unspecified atom stereocenters. The van der Waals surface area contributed by atoms with Crippen molar-refractivity contribution in [1.82, 2.24) is 4.98 Å². The highest BCUT2D eigenvalue weighted by Crippen LogP contribution is 2.12. The van der Waals surface area contributed by atoms with Gasteiger partial charge in [-0.15, -0.1) is 0 Å². The molecule has 102 valence electrons. The van der Waals surface area contributed by atoms with Crippen LogP contribution < -0.4 is 10.5 Å². The molecular weight excluding hydrogens is 232 g/mol. The van der Waals surface area contributed by atoms with Crippen molar-refractivity contribution in [2.45, 2.75) is 19.4 Å². The lowest BCUT2D eigenvalue weighted by Crippen LogP contribution is -2.10. The summed E-state index contributed by atoms with van der Waals surface area (Å²) in [5.74, 6) is 0.597. The highest BCUT2D eigenvalue weighted by Gasteiger charge is 2.00. The molecule has 0 aromatic carbocycles. The van der Waals surface area contributed by atoms with Crippen LogP contribution in [0.3, 0.4) is 0 Å². The van der Waals surface area contributed by atoms with Crippen molar-refractivity contribution in [3.63, 3.8) is 0 Å². The van der Waals surface area contributed by atoms with Crippen molar-refractivity contribution in [3.05, 3.63) is 23.9 Å². The van der Waals surface area contributed by atoms with Gasteiger partial charge in [-0.25, -0.2) is 4.98 Å². The van der Waals surface area contributed by atoms with Crippen LogP contribution in [0.5, 0.6) is 5.88 Å². The molecule has 2 N–H and O–H groups in total. The Morgan fingerprint density at radius 1 is 1.22 bits per heavy atom. The largest absolute Gasteiger partial charge is 0.475 e. The van der Waals surface area contributed by atoms with Gasteiger partial charge < -0.3 is 19.9 Å².